The molecule has 21 heavy (non-hydrogen) atoms. The van der Waals surface area contributed by atoms with Gasteiger partial charge < -0.3 is 10.2 Å². The highest BCUT2D eigenvalue weighted by Crippen LogP contribution is 2.17. The molecule has 7 nitrogen and oxygen atoms in total. The number of nitrogens with zero attached hydrogens (tertiary/aromatic N) is 3. The molecule has 0 radical (unpaired) electrons. The zero-order valence-electron chi connectivity index (χ0n) is 11.7. The quantitative estimate of drug-likeness (QED) is 0.864. The van der Waals surface area contributed by atoms with Crippen LogP contribution in [0.15, 0.2) is 12.4 Å². The highest BCUT2D eigenvalue weighted by atomic mass is 32.2. The van der Waals surface area contributed by atoms with Gasteiger partial charge in [-0.15, -0.1) is 0 Å². The number of nitrogens with one attached hydrogen (secondary N) is 1. The first-order valence-electron chi connectivity index (χ1n) is 7.12. The number of amides is 1. The van der Waals surface area contributed by atoms with Crippen molar-refractivity contribution in [2.45, 2.75) is 25.3 Å². The van der Waals surface area contributed by atoms with Gasteiger partial charge in [0, 0.05) is 25.2 Å². The van der Waals surface area contributed by atoms with Crippen LogP contribution in [0.1, 0.15) is 29.8 Å². The van der Waals surface area contributed by atoms with E-state index in [1.807, 2.05) is 0 Å². The summed E-state index contributed by atoms with van der Waals surface area (Å²) < 4.78 is 22.9. The van der Waals surface area contributed by atoms with E-state index in [1.54, 1.807) is 11.0 Å². The van der Waals surface area contributed by atoms with E-state index in [4.69, 9.17) is 0 Å². The standard InChI is InChI=1S/C13H18N4O3S/c18-13(17-4-1-2-5-17)11-7-12(15-9-14-11)16-10-3-6-21(19,20)8-10/h7,9-10H,1-6,8H2,(H,14,15,16). The molecule has 0 saturated carbocycles. The van der Waals surface area contributed by atoms with Gasteiger partial charge in [-0.25, -0.2) is 18.4 Å². The fourth-order valence-corrected chi connectivity index (χ4v) is 4.43. The molecule has 114 valence electrons. The molecule has 1 aromatic heterocycles. The molecule has 1 unspecified atom stereocenters. The summed E-state index contributed by atoms with van der Waals surface area (Å²) >= 11 is 0. The molecule has 1 aromatic rings. The van der Waals surface area contributed by atoms with Crippen LogP contribution in [0.2, 0.25) is 0 Å². The Kier molecular flexibility index (Phi) is 3.79. The van der Waals surface area contributed by atoms with E-state index >= 15 is 0 Å². The van der Waals surface area contributed by atoms with Crippen LogP contribution in [-0.2, 0) is 9.84 Å². The number of hydrogen-bond acceptors (Lipinski definition) is 6. The van der Waals surface area contributed by atoms with Crippen molar-refractivity contribution in [1.29, 1.82) is 0 Å². The van der Waals surface area contributed by atoms with Crippen LogP contribution >= 0.6 is 0 Å². The minimum Gasteiger partial charge on any atom is -0.366 e. The zero-order chi connectivity index (χ0) is 14.9. The minimum absolute atomic E-state index is 0.0861. The zero-order valence-corrected chi connectivity index (χ0v) is 12.5. The number of hydrogen-bond donors (Lipinski definition) is 1. The molecular weight excluding hydrogens is 292 g/mol. The normalized spacial score (nSPS) is 24.2. The molecule has 0 bridgehead atoms. The fraction of sp³-hybridized carbons (Fsp3) is 0.615. The maximum absolute atomic E-state index is 12.3. The first-order valence-corrected chi connectivity index (χ1v) is 8.94. The lowest BCUT2D eigenvalue weighted by Crippen LogP contribution is -2.29. The van der Waals surface area contributed by atoms with Gasteiger partial charge in [0.15, 0.2) is 9.84 Å². The number of aromatic nitrogens is 2. The summed E-state index contributed by atoms with van der Waals surface area (Å²) in [6.07, 6.45) is 3.97. The Balaban J connectivity index is 1.70. The minimum atomic E-state index is -2.94. The van der Waals surface area contributed by atoms with Crippen molar-refractivity contribution in [3.05, 3.63) is 18.1 Å². The van der Waals surface area contributed by atoms with Gasteiger partial charge in [0.25, 0.3) is 5.91 Å². The Labute approximate surface area is 123 Å². The van der Waals surface area contributed by atoms with E-state index in [1.165, 1.54) is 6.33 Å². The van der Waals surface area contributed by atoms with Crippen LogP contribution in [-0.4, -0.2) is 59.8 Å². The molecule has 8 heteroatoms. The number of likely N-dealkylation sites (tertiary alicyclic amines) is 1. The molecule has 3 rings (SSSR count). The van der Waals surface area contributed by atoms with E-state index in [0.29, 0.717) is 17.9 Å². The second-order valence-electron chi connectivity index (χ2n) is 5.53. The van der Waals surface area contributed by atoms with Crippen molar-refractivity contribution in [3.63, 3.8) is 0 Å². The third-order valence-corrected chi connectivity index (χ3v) is 5.63. The highest BCUT2D eigenvalue weighted by Gasteiger charge is 2.28. The molecule has 0 aliphatic carbocycles. The molecule has 2 aliphatic rings. The van der Waals surface area contributed by atoms with E-state index in [2.05, 4.69) is 15.3 Å². The van der Waals surface area contributed by atoms with Gasteiger partial charge >= 0.3 is 0 Å². The lowest BCUT2D eigenvalue weighted by Gasteiger charge is -2.15. The summed E-state index contributed by atoms with van der Waals surface area (Å²) in [4.78, 5) is 22.1. The maximum Gasteiger partial charge on any atom is 0.272 e. The van der Waals surface area contributed by atoms with Gasteiger partial charge in [0.2, 0.25) is 0 Å². The summed E-state index contributed by atoms with van der Waals surface area (Å²) in [5.74, 6) is 0.744. The SMILES string of the molecule is O=C(c1cc(NC2CCS(=O)(=O)C2)ncn1)N1CCCC1. The van der Waals surface area contributed by atoms with Gasteiger partial charge in [-0.05, 0) is 19.3 Å². The fourth-order valence-electron chi connectivity index (χ4n) is 2.75. The molecular formula is C13H18N4O3S. The van der Waals surface area contributed by atoms with E-state index in [0.717, 1.165) is 25.9 Å². The molecule has 1 atom stereocenters. The second kappa shape index (κ2) is 5.59. The van der Waals surface area contributed by atoms with Crippen molar-refractivity contribution < 1.29 is 13.2 Å². The Hall–Kier alpha value is -1.70. The number of carbonyl (C=O) groups excluding carboxylic acids is 1. The maximum atomic E-state index is 12.3. The average Bonchev–Trinajstić information content (AvgIpc) is 3.08. The van der Waals surface area contributed by atoms with Crippen molar-refractivity contribution in [1.82, 2.24) is 14.9 Å². The molecule has 1 N–H and O–H groups in total. The number of carbonyl (C=O) groups is 1. The van der Waals surface area contributed by atoms with Gasteiger partial charge in [-0.1, -0.05) is 0 Å². The van der Waals surface area contributed by atoms with Crippen molar-refractivity contribution >= 4 is 21.6 Å². The van der Waals surface area contributed by atoms with Gasteiger partial charge in [-0.2, -0.15) is 0 Å². The Bertz CT molecular complexity index is 641. The lowest BCUT2D eigenvalue weighted by molar-refractivity contribution is 0.0787. The van der Waals surface area contributed by atoms with Crippen LogP contribution in [0.3, 0.4) is 0 Å². The number of anilines is 1. The Morgan fingerprint density at radius 3 is 2.71 bits per heavy atom. The van der Waals surface area contributed by atoms with Crippen LogP contribution in [0.25, 0.3) is 0 Å². The molecule has 1 amide bonds. The molecule has 2 fully saturated rings. The number of sulfone groups is 1. The summed E-state index contributed by atoms with van der Waals surface area (Å²) in [7, 11) is -2.94. The molecule has 2 saturated heterocycles. The third-order valence-electron chi connectivity index (χ3n) is 3.86. The van der Waals surface area contributed by atoms with Gasteiger partial charge in [0.1, 0.15) is 17.8 Å². The Morgan fingerprint density at radius 1 is 1.29 bits per heavy atom. The highest BCUT2D eigenvalue weighted by molar-refractivity contribution is 7.91. The average molecular weight is 310 g/mol. The van der Waals surface area contributed by atoms with Gasteiger partial charge in [-0.3, -0.25) is 4.79 Å². The summed E-state index contributed by atoms with van der Waals surface area (Å²) in [5, 5.41) is 3.08. The third kappa shape index (κ3) is 3.31. The predicted octanol–water partition coefficient (Wildman–Crippen LogP) is 0.312. The van der Waals surface area contributed by atoms with Crippen LogP contribution in [0.4, 0.5) is 5.82 Å². The van der Waals surface area contributed by atoms with Crippen LogP contribution < -0.4 is 5.32 Å². The second-order valence-corrected chi connectivity index (χ2v) is 7.76. The first-order chi connectivity index (χ1) is 10.0. The monoisotopic (exact) mass is 310 g/mol. The van der Waals surface area contributed by atoms with E-state index in [-0.39, 0.29) is 23.5 Å². The summed E-state index contributed by atoms with van der Waals surface area (Å²) in [6.45, 7) is 1.54. The topological polar surface area (TPSA) is 92.3 Å². The van der Waals surface area contributed by atoms with E-state index in [9.17, 15) is 13.2 Å². The number of rotatable bonds is 3. The Morgan fingerprint density at radius 2 is 2.05 bits per heavy atom. The predicted molar refractivity (Wildman–Crippen MR) is 77.9 cm³/mol. The first kappa shape index (κ1) is 14.2. The summed E-state index contributed by atoms with van der Waals surface area (Å²) in [6, 6.07) is 1.46. The van der Waals surface area contributed by atoms with Gasteiger partial charge in [0.05, 0.1) is 11.5 Å². The van der Waals surface area contributed by atoms with Crippen molar-refractivity contribution in [2.24, 2.45) is 0 Å². The van der Waals surface area contributed by atoms with Crippen LogP contribution in [0, 0.1) is 0 Å². The smallest absolute Gasteiger partial charge is 0.272 e. The van der Waals surface area contributed by atoms with Crippen LogP contribution in [0.5, 0.6) is 0 Å². The molecule has 0 spiro atoms. The largest absolute Gasteiger partial charge is 0.366 e. The van der Waals surface area contributed by atoms with Crippen molar-refractivity contribution in [3.8, 4) is 0 Å². The summed E-state index contributed by atoms with van der Waals surface area (Å²) in [5.41, 5.74) is 0.357. The lowest BCUT2D eigenvalue weighted by atomic mass is 10.2. The molecule has 3 heterocycles. The van der Waals surface area contributed by atoms with Crippen molar-refractivity contribution in [2.75, 3.05) is 29.9 Å². The molecule has 2 aliphatic heterocycles. The van der Waals surface area contributed by atoms with E-state index < -0.39 is 9.84 Å². The molecule has 0 aromatic carbocycles.